The summed E-state index contributed by atoms with van der Waals surface area (Å²) in [6.07, 6.45) is -1.54. The number of hydrogen-bond donors (Lipinski definition) is 1. The van der Waals surface area contributed by atoms with E-state index < -0.39 is 48.9 Å². The highest BCUT2D eigenvalue weighted by molar-refractivity contribution is 6.06. The molecule has 1 fully saturated rings. The van der Waals surface area contributed by atoms with Crippen molar-refractivity contribution in [2.75, 3.05) is 25.1 Å². The molecule has 3 aromatic rings. The zero-order valence-electron chi connectivity index (χ0n) is 23.3. The number of anilines is 1. The Morgan fingerprint density at radius 2 is 1.83 bits per heavy atom. The summed E-state index contributed by atoms with van der Waals surface area (Å²) in [5, 5.41) is 2.71. The van der Waals surface area contributed by atoms with Crippen molar-refractivity contribution in [1.29, 1.82) is 0 Å². The van der Waals surface area contributed by atoms with Crippen molar-refractivity contribution in [2.45, 2.75) is 76.9 Å². The Kier molecular flexibility index (Phi) is 10.3. The van der Waals surface area contributed by atoms with Crippen LogP contribution in [0.3, 0.4) is 0 Å². The average molecular weight is 576 g/mol. The van der Waals surface area contributed by atoms with Gasteiger partial charge in [0.1, 0.15) is 12.4 Å². The molecule has 3 heterocycles. The van der Waals surface area contributed by atoms with E-state index in [9.17, 15) is 18.4 Å². The van der Waals surface area contributed by atoms with E-state index in [0.717, 1.165) is 12.8 Å². The lowest BCUT2D eigenvalue weighted by molar-refractivity contribution is -0.211. The van der Waals surface area contributed by atoms with E-state index in [0.29, 0.717) is 18.4 Å². The lowest BCUT2D eigenvalue weighted by Gasteiger charge is -2.33. The number of hydrogen-bond acceptors (Lipinski definition) is 9. The molecule has 222 valence electrons. The number of nitrogens with one attached hydrogen (secondary N) is 1. The first-order valence-electron chi connectivity index (χ1n) is 13.7. The normalized spacial score (nSPS) is 22.3. The van der Waals surface area contributed by atoms with Crippen LogP contribution in [-0.2, 0) is 23.7 Å². The van der Waals surface area contributed by atoms with Crippen molar-refractivity contribution in [3.8, 4) is 0 Å². The van der Waals surface area contributed by atoms with Crippen molar-refractivity contribution in [3.63, 3.8) is 0 Å². The van der Waals surface area contributed by atoms with Crippen LogP contribution in [-0.4, -0.2) is 75.5 Å². The van der Waals surface area contributed by atoms with Crippen LogP contribution in [0.5, 0.6) is 0 Å². The highest BCUT2D eigenvalue weighted by Gasteiger charge is 2.63. The number of halogens is 2. The molecule has 1 amide bonds. The number of ether oxygens (including phenoxy) is 4. The Hall–Kier alpha value is -3.55. The number of rotatable bonds is 14. The maximum atomic E-state index is 14.9. The Morgan fingerprint density at radius 1 is 1.10 bits per heavy atom. The van der Waals surface area contributed by atoms with E-state index in [4.69, 9.17) is 18.9 Å². The molecule has 1 aliphatic heterocycles. The Balaban J connectivity index is 1.73. The molecule has 2 aromatic heterocycles. The molecule has 1 aliphatic rings. The number of carbonyl (C=O) groups is 2. The molecule has 0 bridgehead atoms. The SMILES string of the molecule is CCCCOC[C@@]1(C(F)F)O[C@@H](n2cnc3c(NC(=O)c4ccccc4)ncnc32)[C@H](OC(C)=O)[C@@H]1OCCCC. The first-order valence-corrected chi connectivity index (χ1v) is 13.7. The lowest BCUT2D eigenvalue weighted by Crippen LogP contribution is -2.54. The van der Waals surface area contributed by atoms with Crippen LogP contribution in [0.4, 0.5) is 14.6 Å². The molecule has 13 heteroatoms. The third-order valence-corrected chi connectivity index (χ3v) is 6.74. The van der Waals surface area contributed by atoms with Gasteiger partial charge in [-0.1, -0.05) is 44.9 Å². The van der Waals surface area contributed by atoms with E-state index in [1.54, 1.807) is 30.3 Å². The van der Waals surface area contributed by atoms with Gasteiger partial charge in [-0.3, -0.25) is 14.2 Å². The molecule has 0 saturated carbocycles. The van der Waals surface area contributed by atoms with Gasteiger partial charge in [0.15, 0.2) is 34.9 Å². The van der Waals surface area contributed by atoms with Crippen molar-refractivity contribution in [2.24, 2.45) is 0 Å². The van der Waals surface area contributed by atoms with Gasteiger partial charge < -0.3 is 24.3 Å². The number of amides is 1. The average Bonchev–Trinajstić information content (AvgIpc) is 3.52. The smallest absolute Gasteiger partial charge is 0.303 e. The number of nitrogens with zero attached hydrogens (tertiary/aromatic N) is 4. The fourth-order valence-electron chi connectivity index (χ4n) is 4.64. The van der Waals surface area contributed by atoms with Crippen LogP contribution in [0, 0.1) is 0 Å². The van der Waals surface area contributed by atoms with Gasteiger partial charge >= 0.3 is 5.97 Å². The minimum Gasteiger partial charge on any atom is -0.455 e. The quantitative estimate of drug-likeness (QED) is 0.218. The van der Waals surface area contributed by atoms with Gasteiger partial charge in [0.25, 0.3) is 12.3 Å². The predicted molar refractivity (Wildman–Crippen MR) is 145 cm³/mol. The second kappa shape index (κ2) is 13.9. The summed E-state index contributed by atoms with van der Waals surface area (Å²) in [6.45, 7) is 5.03. The molecule has 0 spiro atoms. The van der Waals surface area contributed by atoms with E-state index in [2.05, 4.69) is 20.3 Å². The number of esters is 1. The highest BCUT2D eigenvalue weighted by atomic mass is 19.3. The van der Waals surface area contributed by atoms with Crippen molar-refractivity contribution in [1.82, 2.24) is 19.5 Å². The van der Waals surface area contributed by atoms with Crippen LogP contribution >= 0.6 is 0 Å². The van der Waals surface area contributed by atoms with Crippen LogP contribution < -0.4 is 5.32 Å². The number of benzene rings is 1. The molecule has 4 rings (SSSR count). The number of alkyl halides is 2. The van der Waals surface area contributed by atoms with E-state index in [1.165, 1.54) is 24.1 Å². The second-order valence-electron chi connectivity index (χ2n) is 9.76. The molecule has 41 heavy (non-hydrogen) atoms. The van der Waals surface area contributed by atoms with E-state index in [1.807, 2.05) is 13.8 Å². The van der Waals surface area contributed by atoms with Gasteiger partial charge in [-0.05, 0) is 25.0 Å². The zero-order chi connectivity index (χ0) is 29.4. The summed E-state index contributed by atoms with van der Waals surface area (Å²) in [5.74, 6) is -0.997. The molecule has 4 atom stereocenters. The van der Waals surface area contributed by atoms with Crippen molar-refractivity contribution in [3.05, 3.63) is 48.5 Å². The number of aromatic nitrogens is 4. The molecule has 0 unspecified atom stereocenters. The lowest BCUT2D eigenvalue weighted by atomic mass is 9.95. The molecular weight excluding hydrogens is 540 g/mol. The first-order chi connectivity index (χ1) is 19.8. The summed E-state index contributed by atoms with van der Waals surface area (Å²) in [7, 11) is 0. The van der Waals surface area contributed by atoms with Gasteiger partial charge in [0.2, 0.25) is 0 Å². The van der Waals surface area contributed by atoms with Gasteiger partial charge in [-0.2, -0.15) is 0 Å². The standard InChI is InChI=1S/C28H35F2N5O6/c1-4-6-13-38-15-28(27(29)30)22(39-14-7-5-2)21(40-18(3)36)26(41-28)35-17-33-20-23(31-16-32-24(20)35)34-25(37)19-11-9-8-10-12-19/h8-12,16-17,21-22,26-27H,4-7,13-15H2,1-3H3,(H,31,32,34,37)/t21-,22+,26-,28-/m1/s1. The summed E-state index contributed by atoms with van der Waals surface area (Å²) in [5.41, 5.74) is -1.46. The number of imidazole rings is 1. The number of carbonyl (C=O) groups excluding carboxylic acids is 2. The Morgan fingerprint density at radius 3 is 2.51 bits per heavy atom. The molecule has 0 aliphatic carbocycles. The minimum absolute atomic E-state index is 0.114. The van der Waals surface area contributed by atoms with Gasteiger partial charge in [0, 0.05) is 25.7 Å². The summed E-state index contributed by atoms with van der Waals surface area (Å²) in [6, 6.07) is 8.54. The van der Waals surface area contributed by atoms with Crippen LogP contribution in [0.1, 0.15) is 63.0 Å². The number of unbranched alkanes of at least 4 members (excludes halogenated alkanes) is 2. The third kappa shape index (κ3) is 6.68. The molecule has 1 aromatic carbocycles. The molecule has 0 radical (unpaired) electrons. The second-order valence-corrected chi connectivity index (χ2v) is 9.76. The molecule has 1 saturated heterocycles. The van der Waals surface area contributed by atoms with E-state index in [-0.39, 0.29) is 30.2 Å². The predicted octanol–water partition coefficient (Wildman–Crippen LogP) is 4.55. The molecule has 11 nitrogen and oxygen atoms in total. The highest BCUT2D eigenvalue weighted by Crippen LogP contribution is 2.45. The van der Waals surface area contributed by atoms with Gasteiger partial charge in [-0.25, -0.2) is 23.7 Å². The van der Waals surface area contributed by atoms with Crippen molar-refractivity contribution >= 4 is 28.9 Å². The zero-order valence-corrected chi connectivity index (χ0v) is 23.3. The Labute approximate surface area is 236 Å². The topological polar surface area (TPSA) is 127 Å². The third-order valence-electron chi connectivity index (χ3n) is 6.74. The largest absolute Gasteiger partial charge is 0.455 e. The summed E-state index contributed by atoms with van der Waals surface area (Å²) >= 11 is 0. The maximum absolute atomic E-state index is 14.9. The number of fused-ring (bicyclic) bond motifs is 1. The van der Waals surface area contributed by atoms with Crippen LogP contribution in [0.15, 0.2) is 43.0 Å². The monoisotopic (exact) mass is 575 g/mol. The minimum atomic E-state index is -3.04. The summed E-state index contributed by atoms with van der Waals surface area (Å²) in [4.78, 5) is 37.7. The fraction of sp³-hybridized carbons (Fsp3) is 0.536. The molecular formula is C28H35F2N5O6. The van der Waals surface area contributed by atoms with Crippen LogP contribution in [0.2, 0.25) is 0 Å². The summed E-state index contributed by atoms with van der Waals surface area (Å²) < 4.78 is 54.6. The first kappa shape index (κ1) is 30.4. The Bertz CT molecular complexity index is 1310. The van der Waals surface area contributed by atoms with E-state index >= 15 is 0 Å². The van der Waals surface area contributed by atoms with Crippen LogP contribution in [0.25, 0.3) is 11.2 Å². The van der Waals surface area contributed by atoms with Gasteiger partial charge in [0.05, 0.1) is 12.9 Å². The van der Waals surface area contributed by atoms with Crippen molar-refractivity contribution < 1.29 is 37.3 Å². The molecule has 1 N–H and O–H groups in total. The van der Waals surface area contributed by atoms with Gasteiger partial charge in [-0.15, -0.1) is 0 Å². The fourth-order valence-corrected chi connectivity index (χ4v) is 4.64. The maximum Gasteiger partial charge on any atom is 0.303 e.